The van der Waals surface area contributed by atoms with E-state index in [1.54, 1.807) is 0 Å². The summed E-state index contributed by atoms with van der Waals surface area (Å²) in [6.07, 6.45) is 9.01. The smallest absolute Gasteiger partial charge is 0.132 e. The van der Waals surface area contributed by atoms with Crippen molar-refractivity contribution in [1.29, 1.82) is 0 Å². The third kappa shape index (κ3) is 4.24. The molecule has 1 heterocycles. The van der Waals surface area contributed by atoms with Crippen molar-refractivity contribution < 1.29 is 4.74 Å². The number of benzene rings is 9. The fourth-order valence-electron chi connectivity index (χ4n) is 11.6. The third-order valence-electron chi connectivity index (χ3n) is 13.9. The largest absolute Gasteiger partial charge is 0.457 e. The van der Waals surface area contributed by atoms with Gasteiger partial charge in [-0.2, -0.15) is 0 Å². The fourth-order valence-corrected chi connectivity index (χ4v) is 11.6. The first kappa shape index (κ1) is 32.8. The van der Waals surface area contributed by atoms with Gasteiger partial charge < -0.3 is 4.74 Å². The predicted molar refractivity (Wildman–Crippen MR) is 242 cm³/mol. The summed E-state index contributed by atoms with van der Waals surface area (Å²) in [7, 11) is 0. The summed E-state index contributed by atoms with van der Waals surface area (Å²) < 4.78 is 7.01. The number of rotatable bonds is 3. The summed E-state index contributed by atoms with van der Waals surface area (Å²) in [5, 5.41) is 5.01. The maximum absolute atomic E-state index is 7.01. The highest BCUT2D eigenvalue weighted by atomic mass is 16.5. The van der Waals surface area contributed by atoms with Crippen LogP contribution in [0.4, 0.5) is 0 Å². The fraction of sp³-hybridized carbons (Fsp3) is 0.0690. The molecule has 0 saturated carbocycles. The van der Waals surface area contributed by atoms with Gasteiger partial charge in [0.05, 0.1) is 10.8 Å². The molecular formula is C58H38O. The summed E-state index contributed by atoms with van der Waals surface area (Å²) in [4.78, 5) is 0. The molecule has 0 saturated heterocycles. The Hall–Kier alpha value is -7.22. The second-order valence-electron chi connectivity index (χ2n) is 16.6. The van der Waals surface area contributed by atoms with Gasteiger partial charge in [-0.1, -0.05) is 188 Å². The molecule has 13 rings (SSSR count). The number of hydrogen-bond acceptors (Lipinski definition) is 1. The summed E-state index contributed by atoms with van der Waals surface area (Å²) in [5.74, 6) is 1.82. The first-order chi connectivity index (χ1) is 29.3. The maximum atomic E-state index is 7.01. The van der Waals surface area contributed by atoms with Crippen LogP contribution in [0, 0.1) is 0 Å². The van der Waals surface area contributed by atoms with Gasteiger partial charge in [-0.25, -0.2) is 0 Å². The van der Waals surface area contributed by atoms with Gasteiger partial charge in [0, 0.05) is 11.1 Å². The van der Waals surface area contributed by atoms with Crippen molar-refractivity contribution in [1.82, 2.24) is 0 Å². The number of hydrogen-bond donors (Lipinski definition) is 0. The Kier molecular flexibility index (Phi) is 6.76. The molecule has 9 aromatic carbocycles. The molecule has 1 heteroatoms. The third-order valence-corrected chi connectivity index (χ3v) is 13.9. The molecule has 1 spiro atoms. The predicted octanol–water partition coefficient (Wildman–Crippen LogP) is 14.7. The van der Waals surface area contributed by atoms with Gasteiger partial charge in [0.2, 0.25) is 0 Å². The molecule has 4 aliphatic rings. The maximum Gasteiger partial charge on any atom is 0.132 e. The second kappa shape index (κ2) is 12.1. The van der Waals surface area contributed by atoms with Gasteiger partial charge in [0.25, 0.3) is 0 Å². The average Bonchev–Trinajstić information content (AvgIpc) is 3.78. The number of fused-ring (bicyclic) bond motifs is 16. The number of allylic oxidation sites excluding steroid dienone is 4. The van der Waals surface area contributed by atoms with Gasteiger partial charge in [0.1, 0.15) is 11.5 Å². The quantitative estimate of drug-likeness (QED) is 0.175. The van der Waals surface area contributed by atoms with Crippen molar-refractivity contribution >= 4 is 21.5 Å². The van der Waals surface area contributed by atoms with Crippen LogP contribution in [-0.4, -0.2) is 0 Å². The minimum absolute atomic E-state index is 0.434. The lowest BCUT2D eigenvalue weighted by Crippen LogP contribution is -2.32. The second-order valence-corrected chi connectivity index (χ2v) is 16.6. The van der Waals surface area contributed by atoms with Gasteiger partial charge in [0.15, 0.2) is 0 Å². The van der Waals surface area contributed by atoms with E-state index >= 15 is 0 Å². The van der Waals surface area contributed by atoms with Crippen LogP contribution in [-0.2, 0) is 10.8 Å². The first-order valence-electron chi connectivity index (χ1n) is 20.9. The van der Waals surface area contributed by atoms with Gasteiger partial charge in [-0.05, 0) is 120 Å². The van der Waals surface area contributed by atoms with E-state index in [9.17, 15) is 0 Å². The van der Waals surface area contributed by atoms with Crippen molar-refractivity contribution in [2.75, 3.05) is 0 Å². The Labute approximate surface area is 344 Å². The van der Waals surface area contributed by atoms with Crippen LogP contribution in [0.3, 0.4) is 0 Å². The molecule has 276 valence electrons. The van der Waals surface area contributed by atoms with Gasteiger partial charge in [-0.3, -0.25) is 0 Å². The molecule has 1 aliphatic heterocycles. The minimum atomic E-state index is -0.577. The van der Waals surface area contributed by atoms with Crippen LogP contribution in [0.25, 0.3) is 54.9 Å². The Bertz CT molecular complexity index is 3260. The lowest BCUT2D eigenvalue weighted by Gasteiger charge is -2.40. The van der Waals surface area contributed by atoms with E-state index < -0.39 is 10.8 Å². The first-order valence-corrected chi connectivity index (χ1v) is 20.9. The van der Waals surface area contributed by atoms with Crippen LogP contribution in [0.1, 0.15) is 51.8 Å². The molecular weight excluding hydrogens is 713 g/mol. The zero-order chi connectivity index (χ0) is 38.7. The topological polar surface area (TPSA) is 9.23 Å². The van der Waals surface area contributed by atoms with Crippen LogP contribution < -0.4 is 4.74 Å². The van der Waals surface area contributed by atoms with Crippen molar-refractivity contribution in [3.8, 4) is 44.9 Å². The van der Waals surface area contributed by atoms with Crippen LogP contribution >= 0.6 is 0 Å². The SMILES string of the molecule is C1=CCCC(C2(c3ccccc3)c3cc(-c4ccc5c(c4)C4(c6ccccc6-c6ccccc64)c4c(ccc6ccccc46)O5)ccc3-c3c2ccc2ccccc32)=C1. The Morgan fingerprint density at radius 3 is 1.81 bits per heavy atom. The highest BCUT2D eigenvalue weighted by molar-refractivity contribution is 6.05. The van der Waals surface area contributed by atoms with Crippen molar-refractivity contribution in [2.45, 2.75) is 23.7 Å². The zero-order valence-corrected chi connectivity index (χ0v) is 32.5. The molecule has 0 fully saturated rings. The van der Waals surface area contributed by atoms with Crippen molar-refractivity contribution in [2.24, 2.45) is 0 Å². The highest BCUT2D eigenvalue weighted by Crippen LogP contribution is 2.64. The van der Waals surface area contributed by atoms with E-state index in [4.69, 9.17) is 4.74 Å². The molecule has 0 bridgehead atoms. The van der Waals surface area contributed by atoms with Crippen molar-refractivity contribution in [3.63, 3.8) is 0 Å². The van der Waals surface area contributed by atoms with Crippen molar-refractivity contribution in [3.05, 3.63) is 251 Å². The Morgan fingerprint density at radius 1 is 0.424 bits per heavy atom. The minimum Gasteiger partial charge on any atom is -0.457 e. The number of ether oxygens (including phenoxy) is 1. The van der Waals surface area contributed by atoms with E-state index in [-0.39, 0.29) is 0 Å². The van der Waals surface area contributed by atoms with Crippen LogP contribution in [0.15, 0.2) is 212 Å². The lowest BCUT2D eigenvalue weighted by molar-refractivity contribution is 0.438. The Morgan fingerprint density at radius 2 is 1.05 bits per heavy atom. The van der Waals surface area contributed by atoms with Crippen LogP contribution in [0.5, 0.6) is 11.5 Å². The van der Waals surface area contributed by atoms with Gasteiger partial charge >= 0.3 is 0 Å². The normalized spacial score (nSPS) is 17.4. The molecule has 1 nitrogen and oxygen atoms in total. The standard InChI is InChI=1S/C58H38O/c1-3-17-41(18-4-1)57(42-19-5-2-6-20-42)50-32-28-37-15-7-9-21-43(37)55(50)47-31-27-39(35-51(47)57)40-30-33-53-52(36-40)58(56-44-22-10-8-16-38(44)29-34-54(56)59-53)48-25-13-11-23-45(48)46-24-12-14-26-49(46)58/h1-5,7-19,21-36H,6,20H2. The molecule has 1 atom stereocenters. The molecule has 9 aromatic rings. The highest BCUT2D eigenvalue weighted by Gasteiger charge is 2.52. The van der Waals surface area contributed by atoms with E-state index in [1.807, 2.05) is 0 Å². The molecule has 0 radical (unpaired) electrons. The molecule has 59 heavy (non-hydrogen) atoms. The van der Waals surface area contributed by atoms with E-state index in [0.29, 0.717) is 0 Å². The summed E-state index contributed by atoms with van der Waals surface area (Å²) >= 11 is 0. The lowest BCUT2D eigenvalue weighted by atomic mass is 9.64. The molecule has 0 aromatic heterocycles. The zero-order valence-electron chi connectivity index (χ0n) is 32.5. The molecule has 1 unspecified atom stereocenters. The Balaban J connectivity index is 1.11. The van der Waals surface area contributed by atoms with E-state index in [1.165, 1.54) is 99.4 Å². The molecule has 0 amide bonds. The monoisotopic (exact) mass is 750 g/mol. The average molecular weight is 751 g/mol. The summed E-state index contributed by atoms with van der Waals surface area (Å²) in [5.41, 5.74) is 17.1. The van der Waals surface area contributed by atoms with E-state index in [2.05, 4.69) is 206 Å². The summed E-state index contributed by atoms with van der Waals surface area (Å²) in [6, 6.07) is 70.4. The molecule has 3 aliphatic carbocycles. The van der Waals surface area contributed by atoms with E-state index in [0.717, 1.165) is 24.3 Å². The summed E-state index contributed by atoms with van der Waals surface area (Å²) in [6.45, 7) is 0. The molecule has 0 N–H and O–H groups in total. The van der Waals surface area contributed by atoms with Gasteiger partial charge in [-0.15, -0.1) is 0 Å². The van der Waals surface area contributed by atoms with Crippen LogP contribution in [0.2, 0.25) is 0 Å².